The van der Waals surface area contributed by atoms with Gasteiger partial charge in [-0.05, 0) is 38.0 Å². The van der Waals surface area contributed by atoms with Gasteiger partial charge in [-0.15, -0.1) is 11.3 Å². The monoisotopic (exact) mass is 425 g/mol. The highest BCUT2D eigenvalue weighted by Gasteiger charge is 2.15. The van der Waals surface area contributed by atoms with Gasteiger partial charge >= 0.3 is 0 Å². The number of aromatic amines is 1. The van der Waals surface area contributed by atoms with Crippen molar-refractivity contribution in [3.8, 4) is 0 Å². The maximum absolute atomic E-state index is 13.7. The Balaban J connectivity index is 1.47. The molecule has 3 heterocycles. The topological polar surface area (TPSA) is 92.2 Å². The summed E-state index contributed by atoms with van der Waals surface area (Å²) >= 11 is 1.36. The zero-order valence-electron chi connectivity index (χ0n) is 16.7. The van der Waals surface area contributed by atoms with Crippen LogP contribution in [0.3, 0.4) is 0 Å². The highest BCUT2D eigenvalue weighted by Crippen LogP contribution is 2.23. The molecule has 0 saturated carbocycles. The van der Waals surface area contributed by atoms with Crippen LogP contribution in [0.4, 0.5) is 9.52 Å². The van der Waals surface area contributed by atoms with Crippen molar-refractivity contribution in [2.45, 2.75) is 33.6 Å². The first-order chi connectivity index (χ1) is 14.3. The summed E-state index contributed by atoms with van der Waals surface area (Å²) in [6.07, 6.45) is 2.34. The van der Waals surface area contributed by atoms with Gasteiger partial charge in [0.25, 0.3) is 5.56 Å². The zero-order chi connectivity index (χ0) is 21.4. The summed E-state index contributed by atoms with van der Waals surface area (Å²) < 4.78 is 15.3. The molecule has 0 fully saturated rings. The third kappa shape index (κ3) is 4.02. The van der Waals surface area contributed by atoms with Crippen LogP contribution in [-0.2, 0) is 17.6 Å². The minimum atomic E-state index is -0.240. The summed E-state index contributed by atoms with van der Waals surface area (Å²) in [5.41, 5.74) is 3.95. The van der Waals surface area contributed by atoms with E-state index >= 15 is 0 Å². The third-order valence-corrected chi connectivity index (χ3v) is 5.87. The number of aryl methyl sites for hydroxylation is 3. The van der Waals surface area contributed by atoms with Crippen molar-refractivity contribution in [2.75, 3.05) is 5.32 Å². The lowest BCUT2D eigenvalue weighted by molar-refractivity contribution is -0.115. The second-order valence-electron chi connectivity index (χ2n) is 7.19. The lowest BCUT2D eigenvalue weighted by atomic mass is 10.1. The summed E-state index contributed by atoms with van der Waals surface area (Å²) in [5.74, 6) is -0.454. The number of anilines is 1. The van der Waals surface area contributed by atoms with E-state index in [1.807, 2.05) is 19.9 Å². The molecule has 0 aliphatic rings. The Morgan fingerprint density at radius 2 is 2.07 bits per heavy atom. The predicted octanol–water partition coefficient (Wildman–Crippen LogP) is 3.32. The van der Waals surface area contributed by atoms with Gasteiger partial charge in [0.05, 0.1) is 6.42 Å². The Labute approximate surface area is 175 Å². The normalized spacial score (nSPS) is 11.2. The first-order valence-electron chi connectivity index (χ1n) is 9.37. The number of aromatic nitrogens is 4. The number of nitrogens with one attached hydrogen (secondary N) is 2. The summed E-state index contributed by atoms with van der Waals surface area (Å²) in [7, 11) is 0. The fourth-order valence-corrected chi connectivity index (χ4v) is 4.19. The molecule has 1 aromatic carbocycles. The fourth-order valence-electron chi connectivity index (χ4n) is 3.33. The second-order valence-corrected chi connectivity index (χ2v) is 8.31. The lowest BCUT2D eigenvalue weighted by Gasteiger charge is -2.11. The van der Waals surface area contributed by atoms with Crippen LogP contribution in [-0.4, -0.2) is 25.5 Å². The van der Waals surface area contributed by atoms with E-state index in [9.17, 15) is 14.0 Å². The molecule has 4 aromatic rings. The number of halogens is 1. The van der Waals surface area contributed by atoms with Crippen molar-refractivity contribution in [1.29, 1.82) is 0 Å². The van der Waals surface area contributed by atoms with E-state index in [-0.39, 0.29) is 23.7 Å². The molecule has 30 heavy (non-hydrogen) atoms. The Morgan fingerprint density at radius 3 is 2.83 bits per heavy atom. The zero-order valence-corrected chi connectivity index (χ0v) is 17.6. The van der Waals surface area contributed by atoms with Crippen LogP contribution in [0.5, 0.6) is 0 Å². The van der Waals surface area contributed by atoms with E-state index in [0.717, 1.165) is 21.7 Å². The average molecular weight is 425 g/mol. The summed E-state index contributed by atoms with van der Waals surface area (Å²) in [5, 5.41) is 5.98. The van der Waals surface area contributed by atoms with Gasteiger partial charge < -0.3 is 5.32 Å². The standard InChI is InChI=1S/C21H20FN5O2S/c1-11-4-5-14(7-17(11)22)6-15-10-23-21(30-15)25-19(28)8-16-12(2)24-18-9-20(29)26-27(18)13(16)3/h4-5,7,9-10H,6,8H2,1-3H3,(H,26,29)(H,23,25,28). The van der Waals surface area contributed by atoms with Crippen LogP contribution in [0.2, 0.25) is 0 Å². The first-order valence-corrected chi connectivity index (χ1v) is 10.2. The number of thiazole rings is 1. The van der Waals surface area contributed by atoms with Gasteiger partial charge in [0.15, 0.2) is 10.8 Å². The molecule has 9 heteroatoms. The number of benzene rings is 1. The van der Waals surface area contributed by atoms with Crippen LogP contribution in [0.15, 0.2) is 35.3 Å². The molecule has 0 atom stereocenters. The fraction of sp³-hybridized carbons (Fsp3) is 0.238. The molecule has 154 valence electrons. The molecule has 0 spiro atoms. The van der Waals surface area contributed by atoms with Crippen molar-refractivity contribution in [3.63, 3.8) is 0 Å². The smallest absolute Gasteiger partial charge is 0.266 e. The minimum Gasteiger partial charge on any atom is -0.302 e. The molecule has 1 amide bonds. The van der Waals surface area contributed by atoms with Crippen LogP contribution < -0.4 is 10.9 Å². The van der Waals surface area contributed by atoms with Gasteiger partial charge in [-0.25, -0.2) is 18.9 Å². The Hall–Kier alpha value is -3.33. The Morgan fingerprint density at radius 1 is 1.27 bits per heavy atom. The van der Waals surface area contributed by atoms with E-state index in [1.165, 1.54) is 23.5 Å². The van der Waals surface area contributed by atoms with Crippen molar-refractivity contribution in [3.05, 3.63) is 79.6 Å². The van der Waals surface area contributed by atoms with Crippen molar-refractivity contribution < 1.29 is 9.18 Å². The maximum Gasteiger partial charge on any atom is 0.266 e. The number of nitrogens with zero attached hydrogens (tertiary/aromatic N) is 3. The number of H-pyrrole nitrogens is 1. The lowest BCUT2D eigenvalue weighted by Crippen LogP contribution is -2.17. The van der Waals surface area contributed by atoms with Crippen LogP contribution in [0, 0.1) is 26.6 Å². The first kappa shape index (κ1) is 20.0. The molecule has 7 nitrogen and oxygen atoms in total. The molecule has 0 unspecified atom stereocenters. The van der Waals surface area contributed by atoms with Crippen molar-refractivity contribution in [1.82, 2.24) is 19.6 Å². The summed E-state index contributed by atoms with van der Waals surface area (Å²) in [6, 6.07) is 6.58. The average Bonchev–Trinajstić information content (AvgIpc) is 3.27. The Bertz CT molecular complexity index is 1320. The molecule has 4 rings (SSSR count). The van der Waals surface area contributed by atoms with Crippen molar-refractivity contribution in [2.24, 2.45) is 0 Å². The van der Waals surface area contributed by atoms with Gasteiger partial charge in [0, 0.05) is 40.5 Å². The molecule has 0 saturated heterocycles. The van der Waals surface area contributed by atoms with Gasteiger partial charge in [-0.1, -0.05) is 12.1 Å². The third-order valence-electron chi connectivity index (χ3n) is 4.95. The highest BCUT2D eigenvalue weighted by atomic mass is 32.1. The second kappa shape index (κ2) is 7.83. The Kier molecular flexibility index (Phi) is 5.21. The highest BCUT2D eigenvalue weighted by molar-refractivity contribution is 7.15. The van der Waals surface area contributed by atoms with Crippen LogP contribution in [0.1, 0.15) is 33.0 Å². The molecule has 2 N–H and O–H groups in total. The number of carbonyl (C=O) groups is 1. The molecule has 0 aliphatic carbocycles. The van der Waals surface area contributed by atoms with E-state index in [1.54, 1.807) is 23.7 Å². The number of hydrogen-bond acceptors (Lipinski definition) is 5. The molecular formula is C21H20FN5O2S. The van der Waals surface area contributed by atoms with Crippen LogP contribution >= 0.6 is 11.3 Å². The van der Waals surface area contributed by atoms with E-state index in [2.05, 4.69) is 20.4 Å². The molecule has 0 radical (unpaired) electrons. The van der Waals surface area contributed by atoms with Gasteiger partial charge in [0.2, 0.25) is 5.91 Å². The number of fused-ring (bicyclic) bond motifs is 1. The number of hydrogen-bond donors (Lipinski definition) is 2. The minimum absolute atomic E-state index is 0.110. The van der Waals surface area contributed by atoms with Crippen molar-refractivity contribution >= 4 is 28.0 Å². The van der Waals surface area contributed by atoms with Crippen LogP contribution in [0.25, 0.3) is 5.65 Å². The molecule has 0 bridgehead atoms. The van der Waals surface area contributed by atoms with Gasteiger partial charge in [-0.3, -0.25) is 14.7 Å². The largest absolute Gasteiger partial charge is 0.302 e. The number of rotatable bonds is 5. The van der Waals surface area contributed by atoms with E-state index in [0.29, 0.717) is 28.5 Å². The summed E-state index contributed by atoms with van der Waals surface area (Å²) in [4.78, 5) is 33.7. The summed E-state index contributed by atoms with van der Waals surface area (Å²) in [6.45, 7) is 5.38. The van der Waals surface area contributed by atoms with Gasteiger partial charge in [0.1, 0.15) is 5.82 Å². The quantitative estimate of drug-likeness (QED) is 0.513. The van der Waals surface area contributed by atoms with E-state index in [4.69, 9.17) is 0 Å². The SMILES string of the molecule is Cc1ccc(Cc2cnc(NC(=O)Cc3c(C)nc4cc(=O)[nH]n4c3C)s2)cc1F. The maximum atomic E-state index is 13.7. The number of amides is 1. The number of carbonyl (C=O) groups excluding carboxylic acids is 1. The van der Waals surface area contributed by atoms with Gasteiger partial charge in [-0.2, -0.15) is 0 Å². The molecule has 3 aromatic heterocycles. The van der Waals surface area contributed by atoms with E-state index < -0.39 is 0 Å². The molecular weight excluding hydrogens is 405 g/mol. The predicted molar refractivity (Wildman–Crippen MR) is 114 cm³/mol. The molecule has 0 aliphatic heterocycles.